The number of benzene rings is 1. The van der Waals surface area contributed by atoms with Crippen LogP contribution in [0.25, 0.3) is 0 Å². The lowest BCUT2D eigenvalue weighted by Gasteiger charge is -2.44. The molecule has 0 aromatic heterocycles. The summed E-state index contributed by atoms with van der Waals surface area (Å²) in [5, 5.41) is 9.53. The third kappa shape index (κ3) is 3.67. The van der Waals surface area contributed by atoms with Crippen LogP contribution in [0, 0.1) is 11.6 Å². The van der Waals surface area contributed by atoms with E-state index < -0.39 is 35.4 Å². The van der Waals surface area contributed by atoms with Crippen LogP contribution in [0.15, 0.2) is 18.2 Å². The minimum absolute atomic E-state index is 0.0852. The molecular weight excluding hydrogens is 308 g/mol. The number of ketones is 1. The molecule has 1 fully saturated rings. The van der Waals surface area contributed by atoms with Crippen LogP contribution < -0.4 is 0 Å². The van der Waals surface area contributed by atoms with E-state index in [1.807, 2.05) is 0 Å². The monoisotopic (exact) mass is 327 g/mol. The maximum absolute atomic E-state index is 14.1. The first kappa shape index (κ1) is 17.3. The predicted molar refractivity (Wildman–Crippen MR) is 78.1 cm³/mol. The van der Waals surface area contributed by atoms with Crippen molar-refractivity contribution in [3.05, 3.63) is 35.4 Å². The Hall–Kier alpha value is -2.02. The zero-order valence-electron chi connectivity index (χ0n) is 13.2. The number of carbonyl (C=O) groups excluding carboxylic acids is 1. The molecule has 0 aliphatic carbocycles. The van der Waals surface area contributed by atoms with Crippen LogP contribution in [0.5, 0.6) is 0 Å². The highest BCUT2D eigenvalue weighted by Gasteiger charge is 2.43. The SMILES string of the molecule is CC(C)(C)N(C(=O)O)[C@H]1CC(=O)CO[C@@H]1c1cc(F)ccc1F. The van der Waals surface area contributed by atoms with Gasteiger partial charge in [0.1, 0.15) is 24.3 Å². The van der Waals surface area contributed by atoms with E-state index in [1.54, 1.807) is 20.8 Å². The van der Waals surface area contributed by atoms with Crippen molar-refractivity contribution in [3.63, 3.8) is 0 Å². The highest BCUT2D eigenvalue weighted by Crippen LogP contribution is 2.36. The smallest absolute Gasteiger partial charge is 0.408 e. The summed E-state index contributed by atoms with van der Waals surface area (Å²) in [5.74, 6) is -1.63. The lowest BCUT2D eigenvalue weighted by Crippen LogP contribution is -2.56. The quantitative estimate of drug-likeness (QED) is 0.906. The highest BCUT2D eigenvalue weighted by molar-refractivity contribution is 5.82. The van der Waals surface area contributed by atoms with Gasteiger partial charge in [0.15, 0.2) is 5.78 Å². The van der Waals surface area contributed by atoms with Gasteiger partial charge in [0.2, 0.25) is 0 Å². The van der Waals surface area contributed by atoms with Crippen molar-refractivity contribution in [1.29, 1.82) is 0 Å². The van der Waals surface area contributed by atoms with E-state index >= 15 is 0 Å². The molecule has 0 spiro atoms. The molecule has 1 aliphatic heterocycles. The maximum atomic E-state index is 14.1. The van der Waals surface area contributed by atoms with Crippen molar-refractivity contribution < 1.29 is 28.2 Å². The Kier molecular flexibility index (Phi) is 4.70. The second kappa shape index (κ2) is 6.23. The Morgan fingerprint density at radius 3 is 2.57 bits per heavy atom. The van der Waals surface area contributed by atoms with Gasteiger partial charge in [-0.15, -0.1) is 0 Å². The van der Waals surface area contributed by atoms with Crippen LogP contribution in [0.2, 0.25) is 0 Å². The first-order chi connectivity index (χ1) is 10.6. The van der Waals surface area contributed by atoms with Crippen molar-refractivity contribution in [2.45, 2.75) is 44.9 Å². The zero-order valence-corrected chi connectivity index (χ0v) is 13.2. The molecule has 0 unspecified atom stereocenters. The van der Waals surface area contributed by atoms with Gasteiger partial charge in [-0.2, -0.15) is 0 Å². The maximum Gasteiger partial charge on any atom is 0.408 e. The van der Waals surface area contributed by atoms with Gasteiger partial charge in [-0.1, -0.05) is 0 Å². The summed E-state index contributed by atoms with van der Waals surface area (Å²) >= 11 is 0. The molecule has 0 saturated carbocycles. The van der Waals surface area contributed by atoms with Crippen LogP contribution in [0.1, 0.15) is 38.9 Å². The fourth-order valence-electron chi connectivity index (χ4n) is 2.88. The number of Topliss-reactive ketones (excluding diaryl/α,β-unsaturated/α-hetero) is 1. The van der Waals surface area contributed by atoms with Crippen LogP contribution in [-0.4, -0.2) is 40.1 Å². The van der Waals surface area contributed by atoms with Gasteiger partial charge >= 0.3 is 6.09 Å². The Balaban J connectivity index is 2.49. The molecule has 126 valence electrons. The van der Waals surface area contributed by atoms with Crippen LogP contribution in [0.3, 0.4) is 0 Å². The van der Waals surface area contributed by atoms with Gasteiger partial charge in [0.05, 0.1) is 6.04 Å². The Bertz CT molecular complexity index is 627. The van der Waals surface area contributed by atoms with E-state index in [0.717, 1.165) is 23.1 Å². The zero-order chi connectivity index (χ0) is 17.4. The van der Waals surface area contributed by atoms with Crippen LogP contribution in [0.4, 0.5) is 13.6 Å². The molecule has 2 rings (SSSR count). The lowest BCUT2D eigenvalue weighted by atomic mass is 9.90. The molecule has 1 N–H and O–H groups in total. The molecule has 2 atom stereocenters. The van der Waals surface area contributed by atoms with Crippen LogP contribution >= 0.6 is 0 Å². The molecule has 0 radical (unpaired) electrons. The molecule has 1 heterocycles. The van der Waals surface area contributed by atoms with E-state index in [2.05, 4.69) is 0 Å². The number of rotatable bonds is 2. The van der Waals surface area contributed by atoms with E-state index in [9.17, 15) is 23.5 Å². The third-order valence-corrected chi connectivity index (χ3v) is 3.74. The molecular formula is C16H19F2NO4. The predicted octanol–water partition coefficient (Wildman–Crippen LogP) is 3.14. The van der Waals surface area contributed by atoms with Crippen molar-refractivity contribution in [1.82, 2.24) is 4.90 Å². The standard InChI is InChI=1S/C16H19F2NO4/c1-16(2,3)19(15(21)22)13-7-10(20)8-23-14(13)11-6-9(17)4-5-12(11)18/h4-6,13-14H,7-8H2,1-3H3,(H,21,22)/t13-,14+/m0/s1. The van der Waals surface area contributed by atoms with Crippen molar-refractivity contribution in [2.24, 2.45) is 0 Å². The van der Waals surface area contributed by atoms with E-state index in [4.69, 9.17) is 4.74 Å². The first-order valence-electron chi connectivity index (χ1n) is 7.22. The van der Waals surface area contributed by atoms with Gasteiger partial charge in [-0.25, -0.2) is 13.6 Å². The average molecular weight is 327 g/mol. The minimum Gasteiger partial charge on any atom is -0.465 e. The summed E-state index contributed by atoms with van der Waals surface area (Å²) in [7, 11) is 0. The Morgan fingerprint density at radius 2 is 2.00 bits per heavy atom. The largest absolute Gasteiger partial charge is 0.465 e. The van der Waals surface area contributed by atoms with Gasteiger partial charge < -0.3 is 9.84 Å². The molecule has 1 aromatic carbocycles. The normalized spacial score (nSPS) is 22.0. The molecule has 23 heavy (non-hydrogen) atoms. The summed E-state index contributed by atoms with van der Waals surface area (Å²) in [4.78, 5) is 24.5. The second-order valence-electron chi connectivity index (χ2n) is 6.53. The minimum atomic E-state index is -1.25. The number of halogens is 2. The molecule has 1 amide bonds. The van der Waals surface area contributed by atoms with Crippen molar-refractivity contribution in [3.8, 4) is 0 Å². The molecule has 0 bridgehead atoms. The van der Waals surface area contributed by atoms with Gasteiger partial charge in [-0.05, 0) is 39.0 Å². The Labute approximate surface area is 132 Å². The van der Waals surface area contributed by atoms with E-state index in [-0.39, 0.29) is 24.4 Å². The number of carbonyl (C=O) groups is 2. The molecule has 1 saturated heterocycles. The highest BCUT2D eigenvalue weighted by atomic mass is 19.1. The summed E-state index contributed by atoms with van der Waals surface area (Å²) in [5.41, 5.74) is -0.919. The summed E-state index contributed by atoms with van der Waals surface area (Å²) in [6.45, 7) is 4.74. The molecule has 1 aromatic rings. The number of carboxylic acid groups (broad SMARTS) is 1. The van der Waals surface area contributed by atoms with Crippen LogP contribution in [-0.2, 0) is 9.53 Å². The topological polar surface area (TPSA) is 66.8 Å². The average Bonchev–Trinajstić information content (AvgIpc) is 2.40. The molecule has 5 nitrogen and oxygen atoms in total. The third-order valence-electron chi connectivity index (χ3n) is 3.74. The Morgan fingerprint density at radius 1 is 1.35 bits per heavy atom. The van der Waals surface area contributed by atoms with Gasteiger partial charge in [0, 0.05) is 17.5 Å². The molecule has 1 aliphatic rings. The summed E-state index contributed by atoms with van der Waals surface area (Å²) in [6, 6.07) is 1.99. The summed E-state index contributed by atoms with van der Waals surface area (Å²) < 4.78 is 33.0. The number of hydrogen-bond donors (Lipinski definition) is 1. The van der Waals surface area contributed by atoms with Gasteiger partial charge in [-0.3, -0.25) is 9.69 Å². The van der Waals surface area contributed by atoms with E-state index in [1.165, 1.54) is 0 Å². The number of nitrogens with zero attached hydrogens (tertiary/aromatic N) is 1. The number of ether oxygens (including phenoxy) is 1. The fraction of sp³-hybridized carbons (Fsp3) is 0.500. The van der Waals surface area contributed by atoms with E-state index in [0.29, 0.717) is 0 Å². The fourth-order valence-corrected chi connectivity index (χ4v) is 2.88. The number of amides is 1. The first-order valence-corrected chi connectivity index (χ1v) is 7.22. The lowest BCUT2D eigenvalue weighted by molar-refractivity contribution is -0.140. The molecule has 7 heteroatoms. The van der Waals surface area contributed by atoms with Crippen molar-refractivity contribution in [2.75, 3.05) is 6.61 Å². The second-order valence-corrected chi connectivity index (χ2v) is 6.53. The number of hydrogen-bond acceptors (Lipinski definition) is 3. The van der Waals surface area contributed by atoms with Gasteiger partial charge in [0.25, 0.3) is 0 Å². The summed E-state index contributed by atoms with van der Waals surface area (Å²) in [6.07, 6.45) is -2.40. The van der Waals surface area contributed by atoms with Crippen molar-refractivity contribution >= 4 is 11.9 Å².